The molecule has 0 unspecified atom stereocenters. The van der Waals surface area contributed by atoms with Crippen LogP contribution in [0.4, 0.5) is 0 Å². The number of nitrogens with zero attached hydrogens (tertiary/aromatic N) is 3. The summed E-state index contributed by atoms with van der Waals surface area (Å²) >= 11 is 1.85. The van der Waals surface area contributed by atoms with E-state index >= 15 is 0 Å². The average Bonchev–Trinajstić information content (AvgIpc) is 3.85. The monoisotopic (exact) mass is 733 g/mol. The fourth-order valence-corrected chi connectivity index (χ4v) is 8.87. The Morgan fingerprint density at radius 3 is 1.59 bits per heavy atom. The lowest BCUT2D eigenvalue weighted by molar-refractivity contribution is 0.670. The molecule has 5 heteroatoms. The van der Waals surface area contributed by atoms with Crippen LogP contribution in [0.15, 0.2) is 192 Å². The van der Waals surface area contributed by atoms with Crippen molar-refractivity contribution in [3.63, 3.8) is 0 Å². The van der Waals surface area contributed by atoms with Gasteiger partial charge in [-0.1, -0.05) is 158 Å². The molecule has 0 saturated heterocycles. The summed E-state index contributed by atoms with van der Waals surface area (Å²) in [5.74, 6) is 1.91. The standard InChI is InChI=1S/C51H31N3OS/c1-3-11-34(12-4-1)49-52-50(35-13-5-2-6-14-35)54-51(53-49)39-16-9-15-36(29-39)37-25-27-41-44-19-10-18-40(48(44)55-45(41)30-37)33-23-21-32(22-24-33)38-26-28-43-42-17-7-8-20-46(42)56-47(43)31-38/h1-31H. The van der Waals surface area contributed by atoms with Gasteiger partial charge in [-0.15, -0.1) is 11.3 Å². The molecule has 0 saturated carbocycles. The van der Waals surface area contributed by atoms with Crippen molar-refractivity contribution in [3.05, 3.63) is 188 Å². The normalized spacial score (nSPS) is 11.6. The van der Waals surface area contributed by atoms with E-state index in [0.29, 0.717) is 17.5 Å². The van der Waals surface area contributed by atoms with E-state index in [0.717, 1.165) is 60.9 Å². The Morgan fingerprint density at radius 2 is 0.839 bits per heavy atom. The van der Waals surface area contributed by atoms with Crippen LogP contribution >= 0.6 is 11.3 Å². The summed E-state index contributed by atoms with van der Waals surface area (Å²) in [4.78, 5) is 14.8. The number of aromatic nitrogens is 3. The lowest BCUT2D eigenvalue weighted by Crippen LogP contribution is -2.00. The Bertz CT molecular complexity index is 3180. The van der Waals surface area contributed by atoms with Gasteiger partial charge in [-0.2, -0.15) is 0 Å². The summed E-state index contributed by atoms with van der Waals surface area (Å²) in [5, 5.41) is 4.83. The van der Waals surface area contributed by atoms with E-state index < -0.39 is 0 Å². The summed E-state index contributed by atoms with van der Waals surface area (Å²) in [6, 6.07) is 65.7. The molecular formula is C51H31N3OS. The van der Waals surface area contributed by atoms with Crippen LogP contribution in [0, 0.1) is 0 Å². The smallest absolute Gasteiger partial charge is 0.164 e. The molecule has 4 nitrogen and oxygen atoms in total. The molecule has 262 valence electrons. The van der Waals surface area contributed by atoms with Crippen LogP contribution in [0.25, 0.3) is 110 Å². The van der Waals surface area contributed by atoms with Crippen LogP contribution in [-0.4, -0.2) is 15.0 Å². The van der Waals surface area contributed by atoms with Gasteiger partial charge in [-0.05, 0) is 58.1 Å². The molecule has 8 aromatic carbocycles. The second-order valence-electron chi connectivity index (χ2n) is 14.0. The molecular weight excluding hydrogens is 703 g/mol. The van der Waals surface area contributed by atoms with Gasteiger partial charge in [0.15, 0.2) is 17.5 Å². The third-order valence-electron chi connectivity index (χ3n) is 10.6. The Morgan fingerprint density at radius 1 is 0.321 bits per heavy atom. The second-order valence-corrected chi connectivity index (χ2v) is 15.1. The van der Waals surface area contributed by atoms with E-state index in [2.05, 4.69) is 127 Å². The van der Waals surface area contributed by atoms with Crippen molar-refractivity contribution in [1.82, 2.24) is 15.0 Å². The Kier molecular flexibility index (Phi) is 7.64. The zero-order chi connectivity index (χ0) is 37.0. The maximum absolute atomic E-state index is 6.70. The van der Waals surface area contributed by atoms with Crippen molar-refractivity contribution < 1.29 is 4.42 Å². The van der Waals surface area contributed by atoms with Gasteiger partial charge >= 0.3 is 0 Å². The second kappa shape index (κ2) is 13.3. The largest absolute Gasteiger partial charge is 0.455 e. The summed E-state index contributed by atoms with van der Waals surface area (Å²) < 4.78 is 9.34. The van der Waals surface area contributed by atoms with Crippen molar-refractivity contribution in [2.24, 2.45) is 0 Å². The molecule has 11 aromatic rings. The molecule has 0 N–H and O–H groups in total. The van der Waals surface area contributed by atoms with Crippen LogP contribution in [0.1, 0.15) is 0 Å². The van der Waals surface area contributed by atoms with E-state index in [9.17, 15) is 0 Å². The zero-order valence-electron chi connectivity index (χ0n) is 30.1. The first-order valence-corrected chi connectivity index (χ1v) is 19.5. The summed E-state index contributed by atoms with van der Waals surface area (Å²) in [6.45, 7) is 0. The highest BCUT2D eigenvalue weighted by atomic mass is 32.1. The van der Waals surface area contributed by atoms with E-state index in [1.807, 2.05) is 72.0 Å². The molecule has 0 radical (unpaired) electrons. The molecule has 0 fully saturated rings. The van der Waals surface area contributed by atoms with E-state index in [1.54, 1.807) is 0 Å². The molecule has 56 heavy (non-hydrogen) atoms. The van der Waals surface area contributed by atoms with Gasteiger partial charge in [-0.3, -0.25) is 0 Å². The van der Waals surface area contributed by atoms with E-state index in [4.69, 9.17) is 19.4 Å². The summed E-state index contributed by atoms with van der Waals surface area (Å²) in [5.41, 5.74) is 11.3. The first kappa shape index (κ1) is 32.2. The first-order chi connectivity index (χ1) is 27.7. The highest BCUT2D eigenvalue weighted by Crippen LogP contribution is 2.40. The van der Waals surface area contributed by atoms with Crippen molar-refractivity contribution >= 4 is 53.4 Å². The van der Waals surface area contributed by atoms with Gasteiger partial charge in [0.05, 0.1) is 0 Å². The highest BCUT2D eigenvalue weighted by Gasteiger charge is 2.16. The molecule has 3 aromatic heterocycles. The van der Waals surface area contributed by atoms with Crippen molar-refractivity contribution in [3.8, 4) is 67.5 Å². The SMILES string of the molecule is c1ccc(-c2nc(-c3ccccc3)nc(-c3cccc(-c4ccc5c(c4)oc4c(-c6ccc(-c7ccc8c(c7)sc7ccccc78)cc6)cccc45)c3)n2)cc1. The first-order valence-electron chi connectivity index (χ1n) is 18.7. The molecule has 0 amide bonds. The topological polar surface area (TPSA) is 51.8 Å². The van der Waals surface area contributed by atoms with Crippen LogP contribution < -0.4 is 0 Å². The minimum absolute atomic E-state index is 0.626. The number of para-hydroxylation sites is 1. The van der Waals surface area contributed by atoms with Gasteiger partial charge in [0, 0.05) is 53.2 Å². The van der Waals surface area contributed by atoms with Gasteiger partial charge < -0.3 is 4.42 Å². The summed E-state index contributed by atoms with van der Waals surface area (Å²) in [7, 11) is 0. The maximum atomic E-state index is 6.70. The third kappa shape index (κ3) is 5.65. The third-order valence-corrected chi connectivity index (χ3v) is 11.7. The fraction of sp³-hybridized carbons (Fsp3) is 0. The molecule has 0 spiro atoms. The number of rotatable bonds is 6. The fourth-order valence-electron chi connectivity index (χ4n) is 7.73. The molecule has 0 atom stereocenters. The summed E-state index contributed by atoms with van der Waals surface area (Å²) in [6.07, 6.45) is 0. The van der Waals surface area contributed by atoms with Crippen LogP contribution in [0.2, 0.25) is 0 Å². The quantitative estimate of drug-likeness (QED) is 0.171. The van der Waals surface area contributed by atoms with Gasteiger partial charge in [-0.25, -0.2) is 15.0 Å². The van der Waals surface area contributed by atoms with Gasteiger partial charge in [0.25, 0.3) is 0 Å². The van der Waals surface area contributed by atoms with Gasteiger partial charge in [0.2, 0.25) is 0 Å². The Labute approximate surface area is 327 Å². The number of benzene rings is 8. The highest BCUT2D eigenvalue weighted by molar-refractivity contribution is 7.25. The van der Waals surface area contributed by atoms with Crippen molar-refractivity contribution in [1.29, 1.82) is 0 Å². The molecule has 0 aliphatic carbocycles. The zero-order valence-corrected chi connectivity index (χ0v) is 30.9. The predicted molar refractivity (Wildman–Crippen MR) is 233 cm³/mol. The van der Waals surface area contributed by atoms with Crippen LogP contribution in [0.5, 0.6) is 0 Å². The number of furan rings is 1. The number of hydrogen-bond acceptors (Lipinski definition) is 5. The maximum Gasteiger partial charge on any atom is 0.164 e. The minimum Gasteiger partial charge on any atom is -0.455 e. The van der Waals surface area contributed by atoms with E-state index in [-0.39, 0.29) is 0 Å². The Hall–Kier alpha value is -7.21. The minimum atomic E-state index is 0.626. The van der Waals surface area contributed by atoms with Gasteiger partial charge in [0.1, 0.15) is 11.2 Å². The lowest BCUT2D eigenvalue weighted by Gasteiger charge is -2.09. The van der Waals surface area contributed by atoms with Crippen LogP contribution in [-0.2, 0) is 0 Å². The van der Waals surface area contributed by atoms with Crippen molar-refractivity contribution in [2.75, 3.05) is 0 Å². The number of fused-ring (bicyclic) bond motifs is 6. The molecule has 3 heterocycles. The Balaban J connectivity index is 0.936. The number of thiophene rings is 1. The average molecular weight is 734 g/mol. The predicted octanol–water partition coefficient (Wildman–Crippen LogP) is 14.1. The molecule has 0 aliphatic heterocycles. The van der Waals surface area contributed by atoms with Crippen LogP contribution in [0.3, 0.4) is 0 Å². The van der Waals surface area contributed by atoms with Crippen molar-refractivity contribution in [2.45, 2.75) is 0 Å². The molecule has 0 aliphatic rings. The lowest BCUT2D eigenvalue weighted by atomic mass is 9.98. The molecule has 11 rings (SSSR count). The number of hydrogen-bond donors (Lipinski definition) is 0. The van der Waals surface area contributed by atoms with E-state index in [1.165, 1.54) is 31.3 Å². The molecule has 0 bridgehead atoms.